The maximum Gasteiger partial charge on any atom is 0.263 e. The highest BCUT2D eigenvalue weighted by molar-refractivity contribution is 7.93. The molecule has 0 spiro atoms. The van der Waals surface area contributed by atoms with Gasteiger partial charge in [0.25, 0.3) is 10.0 Å². The minimum Gasteiger partial charge on any atom is -0.495 e. The number of benzene rings is 1. The standard InChI is InChI=1S/C8H9N5O3S2/c1-16-7-3-2-5(4-6(7)9)18(14,15)11-8-10-12-13-17-8/h2-4H,9H2,1H3,(H,10,11,13). The zero-order valence-corrected chi connectivity index (χ0v) is 10.8. The number of nitrogens with two attached hydrogens (primary N) is 1. The number of hydrogen-bond acceptors (Lipinski definition) is 8. The van der Waals surface area contributed by atoms with Crippen LogP contribution < -0.4 is 15.2 Å². The van der Waals surface area contributed by atoms with Gasteiger partial charge in [-0.15, -0.1) is 0 Å². The summed E-state index contributed by atoms with van der Waals surface area (Å²) in [5.41, 5.74) is 5.88. The molecule has 1 heterocycles. The number of rotatable bonds is 4. The minimum atomic E-state index is -3.75. The quantitative estimate of drug-likeness (QED) is 0.777. The molecule has 0 amide bonds. The molecule has 0 radical (unpaired) electrons. The average molecular weight is 287 g/mol. The fourth-order valence-corrected chi connectivity index (χ4v) is 2.85. The summed E-state index contributed by atoms with van der Waals surface area (Å²) in [7, 11) is -2.30. The summed E-state index contributed by atoms with van der Waals surface area (Å²) in [5.74, 6) is 0.409. The molecule has 0 aliphatic carbocycles. The fourth-order valence-electron chi connectivity index (χ4n) is 1.23. The number of aromatic nitrogens is 3. The lowest BCUT2D eigenvalue weighted by Gasteiger charge is -2.08. The Hall–Kier alpha value is -1.94. The Morgan fingerprint density at radius 2 is 2.22 bits per heavy atom. The molecule has 0 unspecified atom stereocenters. The van der Waals surface area contributed by atoms with Crippen LogP contribution in [0, 0.1) is 0 Å². The Balaban J connectivity index is 2.33. The summed E-state index contributed by atoms with van der Waals surface area (Å²) < 4.78 is 34.5. The van der Waals surface area contributed by atoms with E-state index in [1.165, 1.54) is 25.3 Å². The Labute approximate surface area is 107 Å². The minimum absolute atomic E-state index is 0.0102. The first kappa shape index (κ1) is 12.5. The van der Waals surface area contributed by atoms with E-state index < -0.39 is 10.0 Å². The van der Waals surface area contributed by atoms with Crippen LogP contribution in [0.3, 0.4) is 0 Å². The van der Waals surface area contributed by atoms with Crippen LogP contribution in [0.4, 0.5) is 10.8 Å². The molecule has 10 heteroatoms. The largest absolute Gasteiger partial charge is 0.495 e. The van der Waals surface area contributed by atoms with Gasteiger partial charge in [0.15, 0.2) is 0 Å². The zero-order valence-electron chi connectivity index (χ0n) is 9.19. The predicted molar refractivity (Wildman–Crippen MR) is 65.9 cm³/mol. The number of nitrogen functional groups attached to an aromatic ring is 1. The van der Waals surface area contributed by atoms with Gasteiger partial charge >= 0.3 is 0 Å². The molecule has 3 N–H and O–H groups in total. The van der Waals surface area contributed by atoms with Gasteiger partial charge in [-0.25, -0.2) is 8.42 Å². The first-order valence-electron chi connectivity index (χ1n) is 4.64. The monoisotopic (exact) mass is 287 g/mol. The van der Waals surface area contributed by atoms with Crippen molar-refractivity contribution < 1.29 is 13.2 Å². The third kappa shape index (κ3) is 2.49. The fraction of sp³-hybridized carbons (Fsp3) is 0.125. The van der Waals surface area contributed by atoms with Crippen molar-refractivity contribution in [3.8, 4) is 5.75 Å². The number of anilines is 2. The van der Waals surface area contributed by atoms with E-state index in [9.17, 15) is 8.42 Å². The van der Waals surface area contributed by atoms with Gasteiger partial charge < -0.3 is 10.5 Å². The Morgan fingerprint density at radius 3 is 2.78 bits per heavy atom. The molecule has 1 aromatic heterocycles. The molecule has 2 rings (SSSR count). The lowest BCUT2D eigenvalue weighted by Crippen LogP contribution is -2.13. The second kappa shape index (κ2) is 4.74. The number of sulfonamides is 1. The van der Waals surface area contributed by atoms with Gasteiger partial charge in [-0.05, 0) is 23.4 Å². The lowest BCUT2D eigenvalue weighted by molar-refractivity contribution is 0.416. The van der Waals surface area contributed by atoms with Crippen LogP contribution in [0.25, 0.3) is 0 Å². The van der Waals surface area contributed by atoms with E-state index in [0.29, 0.717) is 5.75 Å². The summed E-state index contributed by atoms with van der Waals surface area (Å²) in [6.45, 7) is 0. The van der Waals surface area contributed by atoms with Crippen molar-refractivity contribution in [2.45, 2.75) is 4.90 Å². The van der Waals surface area contributed by atoms with E-state index in [-0.39, 0.29) is 15.7 Å². The van der Waals surface area contributed by atoms with Crippen LogP contribution in [0.5, 0.6) is 5.75 Å². The number of ether oxygens (including phenoxy) is 1. The molecular formula is C8H9N5O3S2. The van der Waals surface area contributed by atoms with Crippen molar-refractivity contribution in [1.82, 2.24) is 14.8 Å². The highest BCUT2D eigenvalue weighted by Crippen LogP contribution is 2.25. The van der Waals surface area contributed by atoms with Gasteiger partial charge in [-0.1, -0.05) is 9.59 Å². The van der Waals surface area contributed by atoms with Gasteiger partial charge in [0.2, 0.25) is 5.13 Å². The SMILES string of the molecule is COc1ccc(S(=O)(=O)Nc2nnns2)cc1N. The maximum absolute atomic E-state index is 12.0. The van der Waals surface area contributed by atoms with Crippen LogP contribution in [-0.4, -0.2) is 30.3 Å². The van der Waals surface area contributed by atoms with E-state index in [0.717, 1.165) is 11.5 Å². The highest BCUT2D eigenvalue weighted by Gasteiger charge is 2.17. The van der Waals surface area contributed by atoms with Crippen LogP contribution in [-0.2, 0) is 10.0 Å². The second-order valence-electron chi connectivity index (χ2n) is 3.18. The summed E-state index contributed by atoms with van der Waals surface area (Å²) in [4.78, 5) is 0.0102. The molecule has 0 saturated carbocycles. The molecule has 0 fully saturated rings. The summed E-state index contributed by atoms with van der Waals surface area (Å²) >= 11 is 0.838. The number of nitrogens with zero attached hydrogens (tertiary/aromatic N) is 3. The summed E-state index contributed by atoms with van der Waals surface area (Å²) in [6, 6.07) is 4.16. The summed E-state index contributed by atoms with van der Waals surface area (Å²) in [6.07, 6.45) is 0. The molecule has 8 nitrogen and oxygen atoms in total. The van der Waals surface area contributed by atoms with E-state index in [4.69, 9.17) is 10.5 Å². The average Bonchev–Trinajstić information content (AvgIpc) is 2.81. The first-order chi connectivity index (χ1) is 8.53. The first-order valence-corrected chi connectivity index (χ1v) is 6.90. The van der Waals surface area contributed by atoms with Crippen LogP contribution in [0.2, 0.25) is 0 Å². The number of hydrogen-bond donors (Lipinski definition) is 2. The third-order valence-corrected chi connectivity index (χ3v) is 4.01. The number of methoxy groups -OCH3 is 1. The van der Waals surface area contributed by atoms with Crippen LogP contribution in [0.1, 0.15) is 0 Å². The Morgan fingerprint density at radius 1 is 1.44 bits per heavy atom. The predicted octanol–water partition coefficient (Wildman–Crippen LogP) is 0.325. The van der Waals surface area contributed by atoms with Gasteiger partial charge in [0.1, 0.15) is 5.75 Å². The van der Waals surface area contributed by atoms with Gasteiger partial charge in [0.05, 0.1) is 17.7 Å². The molecule has 2 aromatic rings. The normalized spacial score (nSPS) is 11.2. The lowest BCUT2D eigenvalue weighted by atomic mass is 10.3. The highest BCUT2D eigenvalue weighted by atomic mass is 32.2. The Kier molecular flexibility index (Phi) is 3.30. The van der Waals surface area contributed by atoms with Crippen molar-refractivity contribution >= 4 is 32.4 Å². The molecule has 0 aliphatic heterocycles. The molecule has 0 aliphatic rings. The second-order valence-corrected chi connectivity index (χ2v) is 5.59. The van der Waals surface area contributed by atoms with Crippen molar-refractivity contribution in [1.29, 1.82) is 0 Å². The molecule has 0 saturated heterocycles. The summed E-state index contributed by atoms with van der Waals surface area (Å²) in [5, 5.41) is 6.87. The van der Waals surface area contributed by atoms with Crippen LogP contribution >= 0.6 is 11.5 Å². The van der Waals surface area contributed by atoms with Crippen molar-refractivity contribution in [3.63, 3.8) is 0 Å². The van der Waals surface area contributed by atoms with Crippen molar-refractivity contribution in [3.05, 3.63) is 18.2 Å². The third-order valence-electron chi connectivity index (χ3n) is 2.03. The number of nitrogens with one attached hydrogen (secondary N) is 1. The molecule has 1 aromatic carbocycles. The Bertz CT molecular complexity index is 641. The van der Waals surface area contributed by atoms with E-state index in [2.05, 4.69) is 19.5 Å². The van der Waals surface area contributed by atoms with E-state index >= 15 is 0 Å². The van der Waals surface area contributed by atoms with Crippen molar-refractivity contribution in [2.24, 2.45) is 0 Å². The zero-order chi connectivity index (χ0) is 13.2. The topological polar surface area (TPSA) is 120 Å². The van der Waals surface area contributed by atoms with E-state index in [1.807, 2.05) is 0 Å². The molecule has 0 bridgehead atoms. The smallest absolute Gasteiger partial charge is 0.263 e. The molecular weight excluding hydrogens is 278 g/mol. The van der Waals surface area contributed by atoms with Gasteiger partial charge in [0, 0.05) is 11.5 Å². The van der Waals surface area contributed by atoms with Crippen LogP contribution in [0.15, 0.2) is 23.1 Å². The molecule has 18 heavy (non-hydrogen) atoms. The van der Waals surface area contributed by atoms with Crippen molar-refractivity contribution in [2.75, 3.05) is 17.6 Å². The van der Waals surface area contributed by atoms with Gasteiger partial charge in [-0.3, -0.25) is 4.72 Å². The molecule has 0 atom stereocenters. The maximum atomic E-state index is 12.0. The molecule has 96 valence electrons. The van der Waals surface area contributed by atoms with Gasteiger partial charge in [-0.2, -0.15) is 0 Å². The van der Waals surface area contributed by atoms with E-state index in [1.54, 1.807) is 0 Å².